The van der Waals surface area contributed by atoms with Crippen molar-refractivity contribution in [3.63, 3.8) is 0 Å². The maximum atomic E-state index is 2.59. The van der Waals surface area contributed by atoms with Crippen molar-refractivity contribution in [3.8, 4) is 0 Å². The fraction of sp³-hybridized carbons (Fsp3) is 1.00. The van der Waals surface area contributed by atoms with Gasteiger partial charge in [0.25, 0.3) is 0 Å². The topological polar surface area (TPSA) is 3.24 Å². The second-order valence-corrected chi connectivity index (χ2v) is 3.33. The second kappa shape index (κ2) is 4.02. The van der Waals surface area contributed by atoms with E-state index in [2.05, 4.69) is 18.6 Å². The quantitative estimate of drug-likeness (QED) is 0.499. The summed E-state index contributed by atoms with van der Waals surface area (Å²) in [5.74, 6) is 0. The SMILES string of the molecule is CBN1CCCCCC1C. The summed E-state index contributed by atoms with van der Waals surface area (Å²) >= 11 is 0. The fourth-order valence-corrected chi connectivity index (χ4v) is 1.80. The molecule has 1 rings (SSSR count). The van der Waals surface area contributed by atoms with Crippen molar-refractivity contribution < 1.29 is 0 Å². The summed E-state index contributed by atoms with van der Waals surface area (Å²) in [4.78, 5) is 2.59. The maximum absolute atomic E-state index is 2.59. The Morgan fingerprint density at radius 2 is 2.10 bits per heavy atom. The Morgan fingerprint density at radius 1 is 1.30 bits per heavy atom. The molecule has 0 bridgehead atoms. The first-order valence-corrected chi connectivity index (χ1v) is 4.58. The molecule has 1 aliphatic heterocycles. The summed E-state index contributed by atoms with van der Waals surface area (Å²) in [7, 11) is 1.24. The predicted octanol–water partition coefficient (Wildman–Crippen LogP) is 1.65. The molecular weight excluding hydrogens is 121 g/mol. The van der Waals surface area contributed by atoms with Gasteiger partial charge in [0.2, 0.25) is 7.41 Å². The van der Waals surface area contributed by atoms with E-state index in [9.17, 15) is 0 Å². The number of nitrogens with zero attached hydrogens (tertiary/aromatic N) is 1. The van der Waals surface area contributed by atoms with Crippen molar-refractivity contribution in [3.05, 3.63) is 0 Å². The van der Waals surface area contributed by atoms with Gasteiger partial charge < -0.3 is 4.81 Å². The molecule has 0 amide bonds. The van der Waals surface area contributed by atoms with Gasteiger partial charge in [0.1, 0.15) is 0 Å². The standard InChI is InChI=1S/C8H18BN/c1-8-6-4-3-5-7-10(8)9-2/h8-9H,3-7H2,1-2H3. The van der Waals surface area contributed by atoms with Crippen molar-refractivity contribution in [2.75, 3.05) is 6.54 Å². The summed E-state index contributed by atoms with van der Waals surface area (Å²) in [6.07, 6.45) is 5.71. The summed E-state index contributed by atoms with van der Waals surface area (Å²) in [5, 5.41) is 0. The van der Waals surface area contributed by atoms with Gasteiger partial charge in [0.05, 0.1) is 0 Å². The van der Waals surface area contributed by atoms with E-state index in [1.807, 2.05) is 0 Å². The average molecular weight is 139 g/mol. The first-order valence-electron chi connectivity index (χ1n) is 4.58. The van der Waals surface area contributed by atoms with E-state index in [0.717, 1.165) is 6.04 Å². The van der Waals surface area contributed by atoms with Crippen LogP contribution in [0.1, 0.15) is 32.6 Å². The lowest BCUT2D eigenvalue weighted by Crippen LogP contribution is -2.34. The van der Waals surface area contributed by atoms with Crippen LogP contribution in [0.3, 0.4) is 0 Å². The first kappa shape index (κ1) is 8.12. The third-order valence-electron chi connectivity index (χ3n) is 2.60. The Morgan fingerprint density at radius 3 is 2.80 bits per heavy atom. The van der Waals surface area contributed by atoms with Crippen LogP contribution in [0.2, 0.25) is 6.82 Å². The summed E-state index contributed by atoms with van der Waals surface area (Å²) in [6, 6.07) is 0.840. The van der Waals surface area contributed by atoms with Crippen LogP contribution in [0.5, 0.6) is 0 Å². The molecule has 2 heteroatoms. The molecule has 1 atom stereocenters. The number of rotatable bonds is 1. The van der Waals surface area contributed by atoms with Crippen LogP contribution in [0.25, 0.3) is 0 Å². The zero-order valence-corrected chi connectivity index (χ0v) is 7.27. The second-order valence-electron chi connectivity index (χ2n) is 3.33. The van der Waals surface area contributed by atoms with E-state index in [1.165, 1.54) is 39.6 Å². The highest BCUT2D eigenvalue weighted by atomic mass is 15.1. The minimum atomic E-state index is 0.840. The Balaban J connectivity index is 2.35. The lowest BCUT2D eigenvalue weighted by molar-refractivity contribution is 0.358. The molecule has 0 aromatic carbocycles. The predicted molar refractivity (Wildman–Crippen MR) is 47.6 cm³/mol. The van der Waals surface area contributed by atoms with Gasteiger partial charge in [0.15, 0.2) is 0 Å². The molecule has 1 nitrogen and oxygen atoms in total. The van der Waals surface area contributed by atoms with Crippen LogP contribution >= 0.6 is 0 Å². The van der Waals surface area contributed by atoms with E-state index in [0.29, 0.717) is 0 Å². The highest BCUT2D eigenvalue weighted by Crippen LogP contribution is 2.14. The van der Waals surface area contributed by atoms with Crippen molar-refractivity contribution >= 4 is 7.41 Å². The minimum Gasteiger partial charge on any atom is -0.343 e. The Labute approximate surface area is 65.1 Å². The van der Waals surface area contributed by atoms with E-state index < -0.39 is 0 Å². The molecule has 1 unspecified atom stereocenters. The normalized spacial score (nSPS) is 29.6. The highest BCUT2D eigenvalue weighted by molar-refractivity contribution is 6.29. The first-order chi connectivity index (χ1) is 4.84. The lowest BCUT2D eigenvalue weighted by Gasteiger charge is -2.24. The lowest BCUT2D eigenvalue weighted by atomic mass is 9.92. The fourth-order valence-electron chi connectivity index (χ4n) is 1.80. The van der Waals surface area contributed by atoms with Gasteiger partial charge in [-0.15, -0.1) is 0 Å². The van der Waals surface area contributed by atoms with Crippen molar-refractivity contribution in [2.24, 2.45) is 0 Å². The third kappa shape index (κ3) is 2.01. The molecule has 0 aromatic heterocycles. The number of hydrogen-bond donors (Lipinski definition) is 0. The largest absolute Gasteiger partial charge is 0.343 e. The highest BCUT2D eigenvalue weighted by Gasteiger charge is 2.14. The van der Waals surface area contributed by atoms with Crippen LogP contribution in [-0.4, -0.2) is 24.8 Å². The third-order valence-corrected chi connectivity index (χ3v) is 2.60. The van der Waals surface area contributed by atoms with Gasteiger partial charge in [-0.2, -0.15) is 0 Å². The van der Waals surface area contributed by atoms with E-state index in [-0.39, 0.29) is 0 Å². The molecular formula is C8H18BN. The Bertz CT molecular complexity index is 95.3. The summed E-state index contributed by atoms with van der Waals surface area (Å²) in [5.41, 5.74) is 0. The maximum Gasteiger partial charge on any atom is 0.201 e. The van der Waals surface area contributed by atoms with Gasteiger partial charge in [-0.3, -0.25) is 0 Å². The summed E-state index contributed by atoms with van der Waals surface area (Å²) < 4.78 is 0. The molecule has 1 aliphatic rings. The van der Waals surface area contributed by atoms with Gasteiger partial charge in [-0.05, 0) is 25.4 Å². The van der Waals surface area contributed by atoms with E-state index in [1.54, 1.807) is 0 Å². The van der Waals surface area contributed by atoms with Crippen LogP contribution in [0.4, 0.5) is 0 Å². The van der Waals surface area contributed by atoms with Crippen molar-refractivity contribution in [1.82, 2.24) is 4.81 Å². The van der Waals surface area contributed by atoms with E-state index >= 15 is 0 Å². The van der Waals surface area contributed by atoms with Crippen molar-refractivity contribution in [1.29, 1.82) is 0 Å². The average Bonchev–Trinajstić information content (AvgIpc) is 2.13. The van der Waals surface area contributed by atoms with Gasteiger partial charge >= 0.3 is 0 Å². The van der Waals surface area contributed by atoms with Gasteiger partial charge in [-0.1, -0.05) is 26.6 Å². The van der Waals surface area contributed by atoms with Gasteiger partial charge in [0, 0.05) is 0 Å². The van der Waals surface area contributed by atoms with Gasteiger partial charge in [-0.25, -0.2) is 0 Å². The molecule has 0 radical (unpaired) electrons. The molecule has 0 aromatic rings. The van der Waals surface area contributed by atoms with E-state index in [4.69, 9.17) is 0 Å². The molecule has 58 valence electrons. The molecule has 1 heterocycles. The zero-order chi connectivity index (χ0) is 7.40. The van der Waals surface area contributed by atoms with Crippen LogP contribution in [0.15, 0.2) is 0 Å². The van der Waals surface area contributed by atoms with Crippen LogP contribution in [-0.2, 0) is 0 Å². The Hall–Kier alpha value is 0.0249. The molecule has 1 fully saturated rings. The Kier molecular flexibility index (Phi) is 3.27. The van der Waals surface area contributed by atoms with Crippen LogP contribution in [0, 0.1) is 0 Å². The minimum absolute atomic E-state index is 0.840. The monoisotopic (exact) mass is 139 g/mol. The summed E-state index contributed by atoms with van der Waals surface area (Å²) in [6.45, 7) is 5.95. The molecule has 0 N–H and O–H groups in total. The molecule has 0 saturated carbocycles. The molecule has 1 saturated heterocycles. The molecule has 0 spiro atoms. The molecule has 10 heavy (non-hydrogen) atoms. The smallest absolute Gasteiger partial charge is 0.201 e. The zero-order valence-electron chi connectivity index (χ0n) is 7.27. The molecule has 0 aliphatic carbocycles. The van der Waals surface area contributed by atoms with Crippen molar-refractivity contribution in [2.45, 2.75) is 45.5 Å². The number of hydrogen-bond acceptors (Lipinski definition) is 1. The van der Waals surface area contributed by atoms with Crippen LogP contribution < -0.4 is 0 Å².